The zero-order valence-corrected chi connectivity index (χ0v) is 9.78. The van der Waals surface area contributed by atoms with E-state index in [1.54, 1.807) is 0 Å². The lowest BCUT2D eigenvalue weighted by molar-refractivity contribution is 0.141. The molecule has 2 rings (SSSR count). The predicted octanol–water partition coefficient (Wildman–Crippen LogP) is 0.831. The number of nitrogens with one attached hydrogen (secondary N) is 1. The summed E-state index contributed by atoms with van der Waals surface area (Å²) in [4.78, 5) is 2.40. The summed E-state index contributed by atoms with van der Waals surface area (Å²) in [5.74, 6) is 0.828. The van der Waals surface area contributed by atoms with Crippen molar-refractivity contribution in [1.29, 1.82) is 0 Å². The van der Waals surface area contributed by atoms with Gasteiger partial charge >= 0.3 is 0 Å². The normalized spacial score (nSPS) is 34.8. The van der Waals surface area contributed by atoms with E-state index in [4.69, 9.17) is 0 Å². The molecule has 1 aliphatic carbocycles. The second-order valence-electron chi connectivity index (χ2n) is 5.26. The van der Waals surface area contributed by atoms with E-state index < -0.39 is 0 Å². The van der Waals surface area contributed by atoms with E-state index in [2.05, 4.69) is 17.3 Å². The van der Waals surface area contributed by atoms with E-state index in [0.29, 0.717) is 6.04 Å². The number of hydrogen-bond acceptors (Lipinski definition) is 3. The van der Waals surface area contributed by atoms with Crippen LogP contribution in [-0.4, -0.2) is 48.8 Å². The van der Waals surface area contributed by atoms with Crippen molar-refractivity contribution >= 4 is 0 Å². The van der Waals surface area contributed by atoms with Crippen LogP contribution in [-0.2, 0) is 0 Å². The van der Waals surface area contributed by atoms with Crippen molar-refractivity contribution in [1.82, 2.24) is 10.2 Å². The Morgan fingerprint density at radius 1 is 1.20 bits per heavy atom. The summed E-state index contributed by atoms with van der Waals surface area (Å²) < 4.78 is 0. The van der Waals surface area contributed by atoms with Crippen LogP contribution in [0, 0.1) is 5.92 Å². The lowest BCUT2D eigenvalue weighted by Gasteiger charge is -2.30. The van der Waals surface area contributed by atoms with E-state index in [1.165, 1.54) is 32.4 Å². The first-order valence-corrected chi connectivity index (χ1v) is 6.35. The lowest BCUT2D eigenvalue weighted by atomic mass is 9.97. The molecule has 1 saturated carbocycles. The molecule has 0 amide bonds. The van der Waals surface area contributed by atoms with Crippen LogP contribution in [0.3, 0.4) is 0 Å². The first-order chi connectivity index (χ1) is 7.25. The molecule has 1 heterocycles. The number of aliphatic hydroxyl groups excluding tert-OH is 1. The van der Waals surface area contributed by atoms with E-state index in [-0.39, 0.29) is 6.10 Å². The van der Waals surface area contributed by atoms with Gasteiger partial charge in [0.25, 0.3) is 0 Å². The molecule has 1 saturated heterocycles. The van der Waals surface area contributed by atoms with Gasteiger partial charge in [0.2, 0.25) is 0 Å². The van der Waals surface area contributed by atoms with E-state index >= 15 is 0 Å². The number of likely N-dealkylation sites (tertiary alicyclic amines) is 1. The van der Waals surface area contributed by atoms with Gasteiger partial charge in [0.1, 0.15) is 0 Å². The molecule has 0 aromatic rings. The average molecular weight is 212 g/mol. The Bertz CT molecular complexity index is 190. The fourth-order valence-corrected chi connectivity index (χ4v) is 2.76. The molecular formula is C12H24N2O. The van der Waals surface area contributed by atoms with Gasteiger partial charge in [-0.05, 0) is 64.7 Å². The minimum absolute atomic E-state index is 0.0868. The van der Waals surface area contributed by atoms with Crippen molar-refractivity contribution < 1.29 is 5.11 Å². The van der Waals surface area contributed by atoms with E-state index in [0.717, 1.165) is 25.3 Å². The van der Waals surface area contributed by atoms with Crippen molar-refractivity contribution in [3.63, 3.8) is 0 Å². The van der Waals surface area contributed by atoms with Crippen molar-refractivity contribution in [3.8, 4) is 0 Å². The number of hydrogen-bond donors (Lipinski definition) is 2. The number of nitrogens with zero attached hydrogens (tertiary/aromatic N) is 1. The molecule has 0 aromatic carbocycles. The van der Waals surface area contributed by atoms with E-state index in [9.17, 15) is 5.11 Å². The van der Waals surface area contributed by atoms with Crippen LogP contribution in [0.1, 0.15) is 32.1 Å². The molecule has 0 spiro atoms. The first kappa shape index (κ1) is 11.4. The Morgan fingerprint density at radius 3 is 2.53 bits per heavy atom. The second-order valence-corrected chi connectivity index (χ2v) is 5.26. The molecule has 2 fully saturated rings. The molecule has 2 N–H and O–H groups in total. The third-order valence-electron chi connectivity index (χ3n) is 3.99. The SMILES string of the molecule is CN1CCC(CNC2CCCC2O)CC1. The van der Waals surface area contributed by atoms with Crippen molar-refractivity contribution in [2.75, 3.05) is 26.7 Å². The highest BCUT2D eigenvalue weighted by Gasteiger charge is 2.25. The summed E-state index contributed by atoms with van der Waals surface area (Å²) in [5.41, 5.74) is 0. The maximum Gasteiger partial charge on any atom is 0.0693 e. The smallest absolute Gasteiger partial charge is 0.0693 e. The lowest BCUT2D eigenvalue weighted by Crippen LogP contribution is -2.41. The summed E-state index contributed by atoms with van der Waals surface area (Å²) >= 11 is 0. The molecule has 0 aromatic heterocycles. The van der Waals surface area contributed by atoms with Crippen LogP contribution in [0.25, 0.3) is 0 Å². The molecule has 3 heteroatoms. The molecule has 3 nitrogen and oxygen atoms in total. The van der Waals surface area contributed by atoms with Gasteiger partial charge in [-0.1, -0.05) is 0 Å². The van der Waals surface area contributed by atoms with Crippen LogP contribution in [0.2, 0.25) is 0 Å². The number of rotatable bonds is 3. The highest BCUT2D eigenvalue weighted by atomic mass is 16.3. The monoisotopic (exact) mass is 212 g/mol. The van der Waals surface area contributed by atoms with Gasteiger partial charge in [-0.2, -0.15) is 0 Å². The van der Waals surface area contributed by atoms with Gasteiger partial charge in [-0.3, -0.25) is 0 Å². The van der Waals surface area contributed by atoms with Crippen molar-refractivity contribution in [2.24, 2.45) is 5.92 Å². The molecule has 0 radical (unpaired) electrons. The standard InChI is InChI=1S/C12H24N2O/c1-14-7-5-10(6-8-14)9-13-11-3-2-4-12(11)15/h10-13,15H,2-9H2,1H3. The maximum atomic E-state index is 9.69. The minimum Gasteiger partial charge on any atom is -0.392 e. The Morgan fingerprint density at radius 2 is 1.93 bits per heavy atom. The number of aliphatic hydroxyl groups is 1. The Hall–Kier alpha value is -0.120. The van der Waals surface area contributed by atoms with Crippen LogP contribution in [0.5, 0.6) is 0 Å². The zero-order chi connectivity index (χ0) is 10.7. The zero-order valence-electron chi connectivity index (χ0n) is 9.78. The average Bonchev–Trinajstić information content (AvgIpc) is 2.63. The van der Waals surface area contributed by atoms with Gasteiger partial charge < -0.3 is 15.3 Å². The summed E-state index contributed by atoms with van der Waals surface area (Å²) in [5, 5.41) is 13.2. The highest BCUT2D eigenvalue weighted by molar-refractivity contribution is 4.84. The van der Waals surface area contributed by atoms with E-state index in [1.807, 2.05) is 0 Å². The second kappa shape index (κ2) is 5.28. The van der Waals surface area contributed by atoms with Crippen LogP contribution in [0.15, 0.2) is 0 Å². The van der Waals surface area contributed by atoms with Crippen LogP contribution < -0.4 is 5.32 Å². The first-order valence-electron chi connectivity index (χ1n) is 6.35. The summed E-state index contributed by atoms with van der Waals surface area (Å²) in [6.45, 7) is 3.58. The van der Waals surface area contributed by atoms with Gasteiger partial charge in [0.05, 0.1) is 6.10 Å². The molecule has 88 valence electrons. The van der Waals surface area contributed by atoms with Crippen molar-refractivity contribution in [3.05, 3.63) is 0 Å². The molecule has 2 atom stereocenters. The fraction of sp³-hybridized carbons (Fsp3) is 1.00. The summed E-state index contributed by atoms with van der Waals surface area (Å²) in [7, 11) is 2.20. The third-order valence-corrected chi connectivity index (χ3v) is 3.99. The highest BCUT2D eigenvalue weighted by Crippen LogP contribution is 2.20. The van der Waals surface area contributed by atoms with Gasteiger partial charge in [-0.15, -0.1) is 0 Å². The van der Waals surface area contributed by atoms with Gasteiger partial charge in [0.15, 0.2) is 0 Å². The van der Waals surface area contributed by atoms with Gasteiger partial charge in [-0.25, -0.2) is 0 Å². The molecule has 2 unspecified atom stereocenters. The molecule has 1 aliphatic heterocycles. The predicted molar refractivity (Wildman–Crippen MR) is 61.9 cm³/mol. The molecular weight excluding hydrogens is 188 g/mol. The molecule has 2 aliphatic rings. The largest absolute Gasteiger partial charge is 0.392 e. The third kappa shape index (κ3) is 3.16. The topological polar surface area (TPSA) is 35.5 Å². The van der Waals surface area contributed by atoms with Crippen LogP contribution >= 0.6 is 0 Å². The number of piperidine rings is 1. The Balaban J connectivity index is 1.65. The maximum absolute atomic E-state index is 9.69. The summed E-state index contributed by atoms with van der Waals surface area (Å²) in [6.07, 6.45) is 5.88. The quantitative estimate of drug-likeness (QED) is 0.727. The molecule has 0 bridgehead atoms. The fourth-order valence-electron chi connectivity index (χ4n) is 2.76. The summed E-state index contributed by atoms with van der Waals surface area (Å²) in [6, 6.07) is 0.379. The Kier molecular flexibility index (Phi) is 4.00. The van der Waals surface area contributed by atoms with Gasteiger partial charge in [0, 0.05) is 6.04 Å². The molecule has 15 heavy (non-hydrogen) atoms. The minimum atomic E-state index is -0.0868. The Labute approximate surface area is 92.8 Å². The van der Waals surface area contributed by atoms with Crippen LogP contribution in [0.4, 0.5) is 0 Å². The van der Waals surface area contributed by atoms with Crippen molar-refractivity contribution in [2.45, 2.75) is 44.2 Å².